The largest absolute Gasteiger partial charge is 0.446 e. The Morgan fingerprint density at radius 2 is 2.10 bits per heavy atom. The first-order chi connectivity index (χ1) is 9.77. The first kappa shape index (κ1) is 16.1. The number of nitrogens with one attached hydrogen (secondary N) is 2. The Balaban J connectivity index is 1.94. The fraction of sp³-hybridized carbons (Fsp3) is 0.462. The lowest BCUT2D eigenvalue weighted by molar-refractivity contribution is -0.130. The molecule has 0 aromatic heterocycles. The summed E-state index contributed by atoms with van der Waals surface area (Å²) < 4.78 is 42.7. The summed E-state index contributed by atoms with van der Waals surface area (Å²) in [5, 5.41) is 5.47. The van der Waals surface area contributed by atoms with Crippen LogP contribution in [0.1, 0.15) is 6.92 Å². The van der Waals surface area contributed by atoms with Crippen molar-refractivity contribution in [2.75, 3.05) is 25.0 Å². The Labute approximate surface area is 124 Å². The van der Waals surface area contributed by atoms with E-state index in [1.165, 1.54) is 18.2 Å². The molecular formula is C13H15F3N2O2S. The number of ether oxygens (including phenoxy) is 1. The van der Waals surface area contributed by atoms with Crippen molar-refractivity contribution in [1.29, 1.82) is 0 Å². The highest BCUT2D eigenvalue weighted by Crippen LogP contribution is 2.40. The zero-order valence-corrected chi connectivity index (χ0v) is 12.1. The highest BCUT2D eigenvalue weighted by atomic mass is 32.2. The van der Waals surface area contributed by atoms with Gasteiger partial charge in [-0.15, -0.1) is 0 Å². The maximum atomic E-state index is 12.4. The summed E-state index contributed by atoms with van der Waals surface area (Å²) in [5.41, 5.74) is -4.65. The van der Waals surface area contributed by atoms with Crippen molar-refractivity contribution in [2.45, 2.75) is 22.9 Å². The molecule has 21 heavy (non-hydrogen) atoms. The monoisotopic (exact) mass is 320 g/mol. The van der Waals surface area contributed by atoms with Gasteiger partial charge < -0.3 is 15.4 Å². The van der Waals surface area contributed by atoms with Gasteiger partial charge in [-0.2, -0.15) is 13.2 Å². The molecule has 1 heterocycles. The maximum absolute atomic E-state index is 12.4. The molecule has 4 nitrogen and oxygen atoms in total. The van der Waals surface area contributed by atoms with E-state index in [0.717, 1.165) is 0 Å². The molecule has 2 rings (SSSR count). The Morgan fingerprint density at radius 3 is 2.67 bits per heavy atom. The standard InChI is InChI=1S/C13H15F3N2O2S/c1-12(7-17-8-12)20-6-11(19)18-9-4-2-3-5-10(9)21-13(14,15)16/h2-5,17H,6-8H2,1H3,(H,18,19). The van der Waals surface area contributed by atoms with Crippen LogP contribution in [0.2, 0.25) is 0 Å². The molecule has 1 aromatic rings. The van der Waals surface area contributed by atoms with Crippen molar-refractivity contribution in [1.82, 2.24) is 5.32 Å². The number of carbonyl (C=O) groups is 1. The second-order valence-electron chi connectivity index (χ2n) is 4.93. The lowest BCUT2D eigenvalue weighted by atomic mass is 10.0. The molecule has 1 amide bonds. The Bertz CT molecular complexity index is 518. The molecule has 0 unspecified atom stereocenters. The van der Waals surface area contributed by atoms with E-state index >= 15 is 0 Å². The highest BCUT2D eigenvalue weighted by molar-refractivity contribution is 8.00. The van der Waals surface area contributed by atoms with E-state index in [2.05, 4.69) is 10.6 Å². The van der Waals surface area contributed by atoms with Gasteiger partial charge in [0, 0.05) is 18.0 Å². The summed E-state index contributed by atoms with van der Waals surface area (Å²) in [6.07, 6.45) is 0. The van der Waals surface area contributed by atoms with Crippen molar-refractivity contribution >= 4 is 23.4 Å². The van der Waals surface area contributed by atoms with Crippen LogP contribution in [-0.2, 0) is 9.53 Å². The van der Waals surface area contributed by atoms with Gasteiger partial charge in [0.15, 0.2) is 0 Å². The zero-order chi connectivity index (χ0) is 15.5. The average molecular weight is 320 g/mol. The smallest absolute Gasteiger partial charge is 0.363 e. The minimum atomic E-state index is -4.40. The molecule has 116 valence electrons. The van der Waals surface area contributed by atoms with Gasteiger partial charge in [0.05, 0.1) is 11.3 Å². The van der Waals surface area contributed by atoms with Crippen LogP contribution in [0.4, 0.5) is 18.9 Å². The summed E-state index contributed by atoms with van der Waals surface area (Å²) in [6, 6.07) is 5.79. The van der Waals surface area contributed by atoms with Crippen LogP contribution < -0.4 is 10.6 Å². The topological polar surface area (TPSA) is 50.4 Å². The third kappa shape index (κ3) is 4.90. The number of rotatable bonds is 5. The second-order valence-corrected chi connectivity index (χ2v) is 6.04. The van der Waals surface area contributed by atoms with E-state index in [9.17, 15) is 18.0 Å². The fourth-order valence-corrected chi connectivity index (χ4v) is 2.41. The summed E-state index contributed by atoms with van der Waals surface area (Å²) in [5.74, 6) is -0.474. The Hall–Kier alpha value is -1.25. The summed E-state index contributed by atoms with van der Waals surface area (Å²) in [6.45, 7) is 2.98. The quantitative estimate of drug-likeness (QED) is 0.819. The van der Waals surface area contributed by atoms with Crippen molar-refractivity contribution < 1.29 is 22.7 Å². The fourth-order valence-electron chi connectivity index (χ4n) is 1.79. The molecule has 1 aliphatic rings. The number of halogens is 3. The van der Waals surface area contributed by atoms with E-state index in [0.29, 0.717) is 13.1 Å². The first-order valence-electron chi connectivity index (χ1n) is 6.27. The molecule has 1 saturated heterocycles. The summed E-state index contributed by atoms with van der Waals surface area (Å²) in [7, 11) is 0. The van der Waals surface area contributed by atoms with Crippen LogP contribution in [0.15, 0.2) is 29.2 Å². The molecular weight excluding hydrogens is 305 g/mol. The number of alkyl halides is 3. The molecule has 0 radical (unpaired) electrons. The van der Waals surface area contributed by atoms with Crippen LogP contribution in [0.25, 0.3) is 0 Å². The second kappa shape index (κ2) is 6.25. The molecule has 8 heteroatoms. The Morgan fingerprint density at radius 1 is 1.43 bits per heavy atom. The minimum absolute atomic E-state index is 0.0464. The van der Waals surface area contributed by atoms with Gasteiger partial charge in [-0.3, -0.25) is 4.79 Å². The maximum Gasteiger partial charge on any atom is 0.446 e. The predicted molar refractivity (Wildman–Crippen MR) is 74.2 cm³/mol. The number of amides is 1. The lowest BCUT2D eigenvalue weighted by Gasteiger charge is -2.38. The van der Waals surface area contributed by atoms with Crippen molar-refractivity contribution in [3.63, 3.8) is 0 Å². The Kier molecular flexibility index (Phi) is 4.80. The molecule has 0 aliphatic carbocycles. The minimum Gasteiger partial charge on any atom is -0.363 e. The van der Waals surface area contributed by atoms with E-state index in [-0.39, 0.29) is 34.6 Å². The molecule has 0 saturated carbocycles. The molecule has 0 spiro atoms. The van der Waals surface area contributed by atoms with Crippen LogP contribution >= 0.6 is 11.8 Å². The molecule has 1 aromatic carbocycles. The third-order valence-corrected chi connectivity index (χ3v) is 3.74. The van der Waals surface area contributed by atoms with Crippen molar-refractivity contribution in [3.8, 4) is 0 Å². The van der Waals surface area contributed by atoms with Crippen LogP contribution in [-0.4, -0.2) is 36.7 Å². The number of para-hydroxylation sites is 1. The number of benzene rings is 1. The number of hydrogen-bond acceptors (Lipinski definition) is 4. The molecule has 1 fully saturated rings. The predicted octanol–water partition coefficient (Wildman–Crippen LogP) is 2.62. The average Bonchev–Trinajstić information content (AvgIpc) is 2.35. The van der Waals surface area contributed by atoms with Crippen LogP contribution in [0.3, 0.4) is 0 Å². The molecule has 0 atom stereocenters. The van der Waals surface area contributed by atoms with E-state index in [4.69, 9.17) is 4.74 Å². The number of hydrogen-bond donors (Lipinski definition) is 2. The van der Waals surface area contributed by atoms with Gasteiger partial charge in [-0.25, -0.2) is 0 Å². The number of thioether (sulfide) groups is 1. The lowest BCUT2D eigenvalue weighted by Crippen LogP contribution is -2.59. The molecule has 0 bridgehead atoms. The van der Waals surface area contributed by atoms with Gasteiger partial charge in [0.25, 0.3) is 0 Å². The third-order valence-electron chi connectivity index (χ3n) is 2.94. The van der Waals surface area contributed by atoms with E-state index < -0.39 is 11.4 Å². The highest BCUT2D eigenvalue weighted by Gasteiger charge is 2.33. The SMILES string of the molecule is CC1(OCC(=O)Nc2ccccc2SC(F)(F)F)CNC1. The molecule has 2 N–H and O–H groups in total. The normalized spacial score (nSPS) is 17.1. The van der Waals surface area contributed by atoms with Crippen molar-refractivity contribution in [2.24, 2.45) is 0 Å². The summed E-state index contributed by atoms with van der Waals surface area (Å²) in [4.78, 5) is 11.7. The zero-order valence-electron chi connectivity index (χ0n) is 11.3. The van der Waals surface area contributed by atoms with Crippen LogP contribution in [0, 0.1) is 0 Å². The van der Waals surface area contributed by atoms with Gasteiger partial charge in [-0.1, -0.05) is 12.1 Å². The molecule has 1 aliphatic heterocycles. The van der Waals surface area contributed by atoms with E-state index in [1.54, 1.807) is 6.07 Å². The van der Waals surface area contributed by atoms with Gasteiger partial charge in [-0.05, 0) is 30.8 Å². The number of anilines is 1. The van der Waals surface area contributed by atoms with Crippen LogP contribution in [0.5, 0.6) is 0 Å². The number of carbonyl (C=O) groups excluding carboxylic acids is 1. The summed E-state index contributed by atoms with van der Waals surface area (Å²) >= 11 is -0.257. The van der Waals surface area contributed by atoms with Gasteiger partial charge >= 0.3 is 5.51 Å². The van der Waals surface area contributed by atoms with Gasteiger partial charge in [0.2, 0.25) is 5.91 Å². The first-order valence-corrected chi connectivity index (χ1v) is 7.08. The van der Waals surface area contributed by atoms with E-state index in [1.807, 2.05) is 6.92 Å². The van der Waals surface area contributed by atoms with Gasteiger partial charge in [0.1, 0.15) is 6.61 Å². The van der Waals surface area contributed by atoms with Crippen molar-refractivity contribution in [3.05, 3.63) is 24.3 Å².